The van der Waals surface area contributed by atoms with Crippen molar-refractivity contribution in [2.75, 3.05) is 6.61 Å². The minimum Gasteiger partial charge on any atom is -0.489 e. The molecule has 0 saturated carbocycles. The van der Waals surface area contributed by atoms with Gasteiger partial charge >= 0.3 is 0 Å². The first-order valence-corrected chi connectivity index (χ1v) is 4.17. The second-order valence-corrected chi connectivity index (χ2v) is 3.19. The number of hydrogen-bond donors (Lipinski definition) is 0. The summed E-state index contributed by atoms with van der Waals surface area (Å²) in [4.78, 5) is 0. The number of ether oxygens (including phenoxy) is 1. The van der Waals surface area contributed by atoms with Crippen molar-refractivity contribution in [3.63, 3.8) is 0 Å². The lowest BCUT2D eigenvalue weighted by Crippen LogP contribution is -2.07. The van der Waals surface area contributed by atoms with E-state index in [1.165, 1.54) is 16.7 Å². The number of para-hydroxylation sites is 1. The van der Waals surface area contributed by atoms with Crippen LogP contribution in [0.15, 0.2) is 29.8 Å². The molecule has 0 spiro atoms. The highest BCUT2D eigenvalue weighted by Gasteiger charge is 2.12. The SMILES string of the molecule is CC1=C(C)c2ccccc2OC1. The summed E-state index contributed by atoms with van der Waals surface area (Å²) in [7, 11) is 0. The van der Waals surface area contributed by atoms with Gasteiger partial charge in [-0.05, 0) is 31.1 Å². The molecule has 0 fully saturated rings. The van der Waals surface area contributed by atoms with Crippen molar-refractivity contribution in [2.45, 2.75) is 13.8 Å². The first-order chi connectivity index (χ1) is 5.79. The molecule has 0 radical (unpaired) electrons. The Bertz CT molecular complexity index is 337. The largest absolute Gasteiger partial charge is 0.489 e. The Hall–Kier alpha value is -1.24. The zero-order valence-corrected chi connectivity index (χ0v) is 7.42. The molecule has 1 aromatic rings. The highest BCUT2D eigenvalue weighted by Crippen LogP contribution is 2.31. The molecule has 0 saturated heterocycles. The second-order valence-electron chi connectivity index (χ2n) is 3.19. The Balaban J connectivity index is 2.59. The average molecular weight is 160 g/mol. The Morgan fingerprint density at radius 1 is 1.17 bits per heavy atom. The highest BCUT2D eigenvalue weighted by molar-refractivity contribution is 5.72. The average Bonchev–Trinajstić information content (AvgIpc) is 2.12. The van der Waals surface area contributed by atoms with Crippen molar-refractivity contribution >= 4 is 5.57 Å². The first-order valence-electron chi connectivity index (χ1n) is 4.17. The molecular weight excluding hydrogens is 148 g/mol. The predicted molar refractivity (Wildman–Crippen MR) is 50.2 cm³/mol. The Labute approximate surface area is 72.7 Å². The summed E-state index contributed by atoms with van der Waals surface area (Å²) in [6, 6.07) is 8.18. The van der Waals surface area contributed by atoms with E-state index in [-0.39, 0.29) is 0 Å². The van der Waals surface area contributed by atoms with Gasteiger partial charge in [-0.2, -0.15) is 0 Å². The van der Waals surface area contributed by atoms with Crippen LogP contribution in [0.25, 0.3) is 5.57 Å². The number of fused-ring (bicyclic) bond motifs is 1. The number of rotatable bonds is 0. The van der Waals surface area contributed by atoms with E-state index in [1.807, 2.05) is 18.2 Å². The van der Waals surface area contributed by atoms with Crippen molar-refractivity contribution in [1.82, 2.24) is 0 Å². The number of benzene rings is 1. The predicted octanol–water partition coefficient (Wildman–Crippen LogP) is 2.87. The van der Waals surface area contributed by atoms with Crippen LogP contribution in [0.4, 0.5) is 0 Å². The maximum absolute atomic E-state index is 5.55. The summed E-state index contributed by atoms with van der Waals surface area (Å²) < 4.78 is 5.55. The lowest BCUT2D eigenvalue weighted by Gasteiger charge is -2.19. The monoisotopic (exact) mass is 160 g/mol. The molecule has 1 aromatic carbocycles. The van der Waals surface area contributed by atoms with E-state index in [9.17, 15) is 0 Å². The second kappa shape index (κ2) is 2.67. The third-order valence-corrected chi connectivity index (χ3v) is 2.38. The van der Waals surface area contributed by atoms with Gasteiger partial charge in [0.25, 0.3) is 0 Å². The molecule has 2 rings (SSSR count). The van der Waals surface area contributed by atoms with Crippen LogP contribution < -0.4 is 4.74 Å². The van der Waals surface area contributed by atoms with Gasteiger partial charge in [-0.3, -0.25) is 0 Å². The molecule has 0 bridgehead atoms. The van der Waals surface area contributed by atoms with Crippen LogP contribution in [-0.2, 0) is 0 Å². The number of hydrogen-bond acceptors (Lipinski definition) is 1. The summed E-state index contributed by atoms with van der Waals surface area (Å²) in [5, 5.41) is 0. The van der Waals surface area contributed by atoms with Crippen molar-refractivity contribution in [3.8, 4) is 5.75 Å². The fourth-order valence-corrected chi connectivity index (χ4v) is 1.43. The third-order valence-electron chi connectivity index (χ3n) is 2.38. The molecule has 0 aromatic heterocycles. The van der Waals surface area contributed by atoms with Gasteiger partial charge in [-0.15, -0.1) is 0 Å². The van der Waals surface area contributed by atoms with Gasteiger partial charge in [-0.25, -0.2) is 0 Å². The Morgan fingerprint density at radius 2 is 1.92 bits per heavy atom. The van der Waals surface area contributed by atoms with Crippen LogP contribution in [0.5, 0.6) is 5.75 Å². The summed E-state index contributed by atoms with van der Waals surface area (Å²) in [5.41, 5.74) is 3.92. The zero-order chi connectivity index (χ0) is 8.55. The van der Waals surface area contributed by atoms with Crippen LogP contribution in [0.1, 0.15) is 19.4 Å². The van der Waals surface area contributed by atoms with Crippen LogP contribution >= 0.6 is 0 Å². The summed E-state index contributed by atoms with van der Waals surface area (Å²) >= 11 is 0. The quantitative estimate of drug-likeness (QED) is 0.567. The summed E-state index contributed by atoms with van der Waals surface area (Å²) in [5.74, 6) is 1.01. The lowest BCUT2D eigenvalue weighted by molar-refractivity contribution is 0.346. The highest BCUT2D eigenvalue weighted by atomic mass is 16.5. The van der Waals surface area contributed by atoms with Crippen LogP contribution in [0, 0.1) is 0 Å². The smallest absolute Gasteiger partial charge is 0.127 e. The van der Waals surface area contributed by atoms with E-state index in [0.29, 0.717) is 0 Å². The fraction of sp³-hybridized carbons (Fsp3) is 0.273. The normalized spacial score (nSPS) is 15.5. The van der Waals surface area contributed by atoms with Gasteiger partial charge in [0.05, 0.1) is 0 Å². The van der Waals surface area contributed by atoms with Gasteiger partial charge in [0.1, 0.15) is 12.4 Å². The standard InChI is InChI=1S/C11H12O/c1-8-7-12-11-6-4-3-5-10(11)9(8)2/h3-6H,7H2,1-2H3. The topological polar surface area (TPSA) is 9.23 Å². The molecule has 1 aliphatic heterocycles. The molecule has 0 unspecified atom stereocenters. The van der Waals surface area contributed by atoms with Crippen LogP contribution in [-0.4, -0.2) is 6.61 Å². The summed E-state index contributed by atoms with van der Waals surface area (Å²) in [6.07, 6.45) is 0. The minimum atomic E-state index is 0.739. The number of allylic oxidation sites excluding steroid dienone is 1. The van der Waals surface area contributed by atoms with Crippen LogP contribution in [0.3, 0.4) is 0 Å². The lowest BCUT2D eigenvalue weighted by atomic mass is 10.00. The van der Waals surface area contributed by atoms with E-state index >= 15 is 0 Å². The van der Waals surface area contributed by atoms with Gasteiger partial charge < -0.3 is 4.74 Å². The van der Waals surface area contributed by atoms with Crippen molar-refractivity contribution in [2.24, 2.45) is 0 Å². The molecule has 1 nitrogen and oxygen atoms in total. The Morgan fingerprint density at radius 3 is 2.75 bits per heavy atom. The van der Waals surface area contributed by atoms with Gasteiger partial charge in [0.15, 0.2) is 0 Å². The van der Waals surface area contributed by atoms with Crippen molar-refractivity contribution < 1.29 is 4.74 Å². The van der Waals surface area contributed by atoms with E-state index < -0.39 is 0 Å². The Kier molecular flexibility index (Phi) is 1.65. The molecule has 1 heteroatoms. The molecule has 1 heterocycles. The van der Waals surface area contributed by atoms with E-state index in [0.717, 1.165) is 12.4 Å². The van der Waals surface area contributed by atoms with Crippen molar-refractivity contribution in [1.29, 1.82) is 0 Å². The molecule has 0 atom stereocenters. The molecule has 0 aliphatic carbocycles. The molecule has 12 heavy (non-hydrogen) atoms. The van der Waals surface area contributed by atoms with Crippen LogP contribution in [0.2, 0.25) is 0 Å². The molecule has 62 valence electrons. The molecule has 0 N–H and O–H groups in total. The van der Waals surface area contributed by atoms with E-state index in [1.54, 1.807) is 0 Å². The van der Waals surface area contributed by atoms with E-state index in [2.05, 4.69) is 19.9 Å². The van der Waals surface area contributed by atoms with E-state index in [4.69, 9.17) is 4.74 Å². The van der Waals surface area contributed by atoms with Gasteiger partial charge in [0.2, 0.25) is 0 Å². The maximum atomic E-state index is 5.55. The first kappa shape index (κ1) is 7.41. The molecule has 1 aliphatic rings. The molecule has 0 amide bonds. The maximum Gasteiger partial charge on any atom is 0.127 e. The van der Waals surface area contributed by atoms with Gasteiger partial charge in [-0.1, -0.05) is 18.2 Å². The summed E-state index contributed by atoms with van der Waals surface area (Å²) in [6.45, 7) is 5.00. The fourth-order valence-electron chi connectivity index (χ4n) is 1.43. The zero-order valence-electron chi connectivity index (χ0n) is 7.42. The van der Waals surface area contributed by atoms with Gasteiger partial charge in [0, 0.05) is 5.56 Å². The molecular formula is C11H12O. The minimum absolute atomic E-state index is 0.739. The van der Waals surface area contributed by atoms with Crippen molar-refractivity contribution in [3.05, 3.63) is 35.4 Å². The third kappa shape index (κ3) is 1.02.